The molecule has 2 rings (SSSR count). The Hall–Kier alpha value is -2.57. The molecule has 0 aliphatic carbocycles. The summed E-state index contributed by atoms with van der Waals surface area (Å²) in [6.45, 7) is 2.61. The lowest BCUT2D eigenvalue weighted by atomic mass is 10.1. The van der Waals surface area contributed by atoms with E-state index in [1.165, 1.54) is 0 Å². The second-order valence-corrected chi connectivity index (χ2v) is 6.37. The lowest BCUT2D eigenvalue weighted by Crippen LogP contribution is -2.38. The van der Waals surface area contributed by atoms with Gasteiger partial charge in [-0.3, -0.25) is 14.4 Å². The van der Waals surface area contributed by atoms with E-state index in [4.69, 9.17) is 9.84 Å². The summed E-state index contributed by atoms with van der Waals surface area (Å²) in [7, 11) is 1.60. The van der Waals surface area contributed by atoms with Crippen LogP contribution in [0, 0.1) is 5.92 Å². The van der Waals surface area contributed by atoms with E-state index in [-0.39, 0.29) is 30.7 Å². The third-order valence-corrected chi connectivity index (χ3v) is 4.30. The van der Waals surface area contributed by atoms with E-state index in [0.29, 0.717) is 19.5 Å². The lowest BCUT2D eigenvalue weighted by molar-refractivity contribution is -0.137. The fraction of sp³-hybridized carbons (Fsp3) is 0.500. The molecule has 7 heteroatoms. The summed E-state index contributed by atoms with van der Waals surface area (Å²) in [5.74, 6) is -0.762. The Morgan fingerprint density at radius 1 is 1.36 bits per heavy atom. The standard InChI is InChI=1S/C18H24N2O5/c1-12(3-8-17(22)23)19-18(24)14-9-16(21)20(11-14)10-13-4-6-15(25-2)7-5-13/h4-7,12,14H,3,8-11H2,1-2H3,(H,19,24)(H,22,23). The minimum Gasteiger partial charge on any atom is -0.497 e. The Bertz CT molecular complexity index is 629. The van der Waals surface area contributed by atoms with E-state index in [2.05, 4.69) is 5.32 Å². The van der Waals surface area contributed by atoms with Gasteiger partial charge < -0.3 is 20.1 Å². The smallest absolute Gasteiger partial charge is 0.303 e. The van der Waals surface area contributed by atoms with Gasteiger partial charge in [0.05, 0.1) is 13.0 Å². The Kier molecular flexibility index (Phi) is 6.38. The molecule has 0 saturated carbocycles. The van der Waals surface area contributed by atoms with E-state index < -0.39 is 11.9 Å². The number of likely N-dealkylation sites (tertiary alicyclic amines) is 1. The number of methoxy groups -OCH3 is 1. The number of rotatable bonds is 8. The zero-order chi connectivity index (χ0) is 18.4. The largest absolute Gasteiger partial charge is 0.497 e. The molecule has 0 aromatic heterocycles. The van der Waals surface area contributed by atoms with Gasteiger partial charge in [-0.25, -0.2) is 0 Å². The van der Waals surface area contributed by atoms with Gasteiger partial charge in [0, 0.05) is 32.0 Å². The second kappa shape index (κ2) is 8.50. The van der Waals surface area contributed by atoms with Gasteiger partial charge in [-0.05, 0) is 31.0 Å². The SMILES string of the molecule is COc1ccc(CN2CC(C(=O)NC(C)CCC(=O)O)CC2=O)cc1. The maximum absolute atomic E-state index is 12.3. The van der Waals surface area contributed by atoms with Crippen LogP contribution in [0.25, 0.3) is 0 Å². The van der Waals surface area contributed by atoms with Crippen molar-refractivity contribution in [1.82, 2.24) is 10.2 Å². The highest BCUT2D eigenvalue weighted by Gasteiger charge is 2.34. The maximum atomic E-state index is 12.3. The zero-order valence-corrected chi connectivity index (χ0v) is 14.5. The molecule has 25 heavy (non-hydrogen) atoms. The molecule has 2 amide bonds. The van der Waals surface area contributed by atoms with Crippen molar-refractivity contribution in [3.63, 3.8) is 0 Å². The number of carbonyl (C=O) groups is 3. The van der Waals surface area contributed by atoms with E-state index >= 15 is 0 Å². The summed E-state index contributed by atoms with van der Waals surface area (Å²) in [4.78, 5) is 36.7. The minimum absolute atomic E-state index is 0.00857. The molecular formula is C18H24N2O5. The molecule has 2 unspecified atom stereocenters. The second-order valence-electron chi connectivity index (χ2n) is 6.37. The van der Waals surface area contributed by atoms with E-state index in [9.17, 15) is 14.4 Å². The van der Waals surface area contributed by atoms with Crippen molar-refractivity contribution in [2.75, 3.05) is 13.7 Å². The van der Waals surface area contributed by atoms with E-state index in [1.54, 1.807) is 18.9 Å². The van der Waals surface area contributed by atoms with Crippen molar-refractivity contribution in [2.24, 2.45) is 5.92 Å². The quantitative estimate of drug-likeness (QED) is 0.741. The first-order valence-electron chi connectivity index (χ1n) is 8.32. The van der Waals surface area contributed by atoms with Gasteiger partial charge in [-0.15, -0.1) is 0 Å². The minimum atomic E-state index is -0.886. The fourth-order valence-corrected chi connectivity index (χ4v) is 2.82. The van der Waals surface area contributed by atoms with Crippen LogP contribution in [0.4, 0.5) is 0 Å². The van der Waals surface area contributed by atoms with Crippen molar-refractivity contribution < 1.29 is 24.2 Å². The average Bonchev–Trinajstić information content (AvgIpc) is 2.94. The third kappa shape index (κ3) is 5.48. The van der Waals surface area contributed by atoms with Gasteiger partial charge in [0.25, 0.3) is 0 Å². The van der Waals surface area contributed by atoms with Crippen molar-refractivity contribution in [3.8, 4) is 5.75 Å². The summed E-state index contributed by atoms with van der Waals surface area (Å²) in [5.41, 5.74) is 0.977. The third-order valence-electron chi connectivity index (χ3n) is 4.30. The number of nitrogens with one attached hydrogen (secondary N) is 1. The Labute approximate surface area is 147 Å². The Balaban J connectivity index is 1.85. The Morgan fingerprint density at radius 2 is 2.04 bits per heavy atom. The lowest BCUT2D eigenvalue weighted by Gasteiger charge is -2.18. The molecule has 1 aromatic carbocycles. The van der Waals surface area contributed by atoms with E-state index in [0.717, 1.165) is 11.3 Å². The van der Waals surface area contributed by atoms with Crippen molar-refractivity contribution in [3.05, 3.63) is 29.8 Å². The first-order chi connectivity index (χ1) is 11.9. The number of benzene rings is 1. The van der Waals surface area contributed by atoms with Crippen LogP contribution < -0.4 is 10.1 Å². The zero-order valence-electron chi connectivity index (χ0n) is 14.5. The molecule has 1 fully saturated rings. The predicted molar refractivity (Wildman–Crippen MR) is 91.0 cm³/mol. The monoisotopic (exact) mass is 348 g/mol. The van der Waals surface area contributed by atoms with Crippen molar-refractivity contribution in [2.45, 2.75) is 38.8 Å². The Morgan fingerprint density at radius 3 is 2.64 bits per heavy atom. The highest BCUT2D eigenvalue weighted by molar-refractivity contribution is 5.89. The molecule has 1 aliphatic heterocycles. The van der Waals surface area contributed by atoms with Crippen LogP contribution >= 0.6 is 0 Å². The van der Waals surface area contributed by atoms with Gasteiger partial charge in [0.1, 0.15) is 5.75 Å². The van der Waals surface area contributed by atoms with Crippen LogP contribution in [0.2, 0.25) is 0 Å². The molecule has 0 spiro atoms. The molecule has 2 N–H and O–H groups in total. The number of nitrogens with zero attached hydrogens (tertiary/aromatic N) is 1. The summed E-state index contributed by atoms with van der Waals surface area (Å²) in [6, 6.07) is 7.24. The van der Waals surface area contributed by atoms with Crippen LogP contribution in [0.5, 0.6) is 5.75 Å². The molecule has 136 valence electrons. The number of ether oxygens (including phenoxy) is 1. The number of carboxylic acids is 1. The van der Waals surface area contributed by atoms with Gasteiger partial charge in [-0.1, -0.05) is 12.1 Å². The predicted octanol–water partition coefficient (Wildman–Crippen LogP) is 1.41. The molecule has 0 radical (unpaired) electrons. The molecule has 1 heterocycles. The fourth-order valence-electron chi connectivity index (χ4n) is 2.82. The molecule has 2 atom stereocenters. The van der Waals surface area contributed by atoms with Gasteiger partial charge in [0.15, 0.2) is 0 Å². The number of carboxylic acid groups (broad SMARTS) is 1. The molecular weight excluding hydrogens is 324 g/mol. The first kappa shape index (κ1) is 18.8. The van der Waals surface area contributed by atoms with Gasteiger partial charge in [-0.2, -0.15) is 0 Å². The van der Waals surface area contributed by atoms with Crippen molar-refractivity contribution in [1.29, 1.82) is 0 Å². The van der Waals surface area contributed by atoms with Gasteiger partial charge >= 0.3 is 5.97 Å². The summed E-state index contributed by atoms with van der Waals surface area (Å²) >= 11 is 0. The molecule has 7 nitrogen and oxygen atoms in total. The molecule has 0 bridgehead atoms. The maximum Gasteiger partial charge on any atom is 0.303 e. The normalized spacial score (nSPS) is 18.1. The molecule has 1 saturated heterocycles. The highest BCUT2D eigenvalue weighted by Crippen LogP contribution is 2.21. The van der Waals surface area contributed by atoms with Crippen LogP contribution in [-0.2, 0) is 20.9 Å². The number of carbonyl (C=O) groups excluding carboxylic acids is 2. The van der Waals surface area contributed by atoms with Crippen LogP contribution in [0.15, 0.2) is 24.3 Å². The number of hydrogen-bond acceptors (Lipinski definition) is 4. The average molecular weight is 348 g/mol. The van der Waals surface area contributed by atoms with E-state index in [1.807, 2.05) is 24.3 Å². The number of hydrogen-bond donors (Lipinski definition) is 2. The van der Waals surface area contributed by atoms with Crippen LogP contribution in [0.1, 0.15) is 31.7 Å². The first-order valence-corrected chi connectivity index (χ1v) is 8.32. The molecule has 1 aliphatic rings. The number of aliphatic carboxylic acids is 1. The summed E-state index contributed by atoms with van der Waals surface area (Å²) < 4.78 is 5.11. The van der Waals surface area contributed by atoms with Crippen LogP contribution in [0.3, 0.4) is 0 Å². The highest BCUT2D eigenvalue weighted by atomic mass is 16.5. The van der Waals surface area contributed by atoms with Gasteiger partial charge in [0.2, 0.25) is 11.8 Å². The number of amides is 2. The van der Waals surface area contributed by atoms with Crippen LogP contribution in [-0.4, -0.2) is 47.5 Å². The molecule has 1 aromatic rings. The summed E-state index contributed by atoms with van der Waals surface area (Å²) in [6.07, 6.45) is 0.569. The summed E-state index contributed by atoms with van der Waals surface area (Å²) in [5, 5.41) is 11.5. The topological polar surface area (TPSA) is 95.9 Å². The van der Waals surface area contributed by atoms with Crippen molar-refractivity contribution >= 4 is 17.8 Å².